The molecule has 27 heavy (non-hydrogen) atoms. The van der Waals surface area contributed by atoms with E-state index in [4.69, 9.17) is 9.84 Å². The van der Waals surface area contributed by atoms with Crippen molar-refractivity contribution >= 4 is 33.5 Å². The van der Waals surface area contributed by atoms with Crippen LogP contribution in [0.5, 0.6) is 0 Å². The molecule has 9 heteroatoms. The Bertz CT molecular complexity index is 898. The Hall–Kier alpha value is -2.26. The molecule has 3 heterocycles. The van der Waals surface area contributed by atoms with Crippen molar-refractivity contribution in [2.24, 2.45) is 5.92 Å². The second kappa shape index (κ2) is 8.62. The number of rotatable bonds is 3. The average molecular weight is 393 g/mol. The highest BCUT2D eigenvalue weighted by Crippen LogP contribution is 2.34. The molecule has 1 aliphatic carbocycles. The number of ether oxygens (including phenoxy) is 1. The molecule has 0 spiro atoms. The molecule has 3 N–H and O–H groups in total. The first-order valence-corrected chi connectivity index (χ1v) is 9.98. The number of piperidine rings is 1. The van der Waals surface area contributed by atoms with E-state index in [9.17, 15) is 14.4 Å². The minimum Gasteiger partial charge on any atom is -0.475 e. The van der Waals surface area contributed by atoms with Gasteiger partial charge < -0.3 is 20.1 Å². The second-order valence-electron chi connectivity index (χ2n) is 6.53. The van der Waals surface area contributed by atoms with Crippen LogP contribution < -0.4 is 10.9 Å². The molecule has 0 amide bonds. The highest BCUT2D eigenvalue weighted by Gasteiger charge is 2.22. The van der Waals surface area contributed by atoms with Gasteiger partial charge in [0.05, 0.1) is 17.9 Å². The highest BCUT2D eigenvalue weighted by molar-refractivity contribution is 7.18. The summed E-state index contributed by atoms with van der Waals surface area (Å²) in [5.41, 5.74) is 0.729. The number of aromatic carboxylic acids is 1. The van der Waals surface area contributed by atoms with Crippen molar-refractivity contribution in [2.75, 3.05) is 19.7 Å². The molecule has 0 saturated carbocycles. The van der Waals surface area contributed by atoms with E-state index in [2.05, 4.69) is 15.3 Å². The zero-order chi connectivity index (χ0) is 19.4. The Balaban J connectivity index is 0.000000168. The molecule has 0 atom stereocenters. The maximum atomic E-state index is 11.8. The van der Waals surface area contributed by atoms with Gasteiger partial charge in [0.15, 0.2) is 0 Å². The molecule has 146 valence electrons. The van der Waals surface area contributed by atoms with Crippen LogP contribution in [-0.2, 0) is 22.4 Å². The number of carbonyl (C=O) groups excluding carboxylic acids is 1. The third-order valence-electron chi connectivity index (χ3n) is 4.74. The predicted octanol–water partition coefficient (Wildman–Crippen LogP) is 1.72. The lowest BCUT2D eigenvalue weighted by molar-refractivity contribution is -0.148. The quantitative estimate of drug-likeness (QED) is 0.679. The van der Waals surface area contributed by atoms with Crippen LogP contribution in [0.1, 0.15) is 47.2 Å². The van der Waals surface area contributed by atoms with Crippen LogP contribution in [0.25, 0.3) is 10.2 Å². The monoisotopic (exact) mass is 393 g/mol. The van der Waals surface area contributed by atoms with Gasteiger partial charge in [-0.1, -0.05) is 0 Å². The van der Waals surface area contributed by atoms with Crippen molar-refractivity contribution < 1.29 is 19.4 Å². The van der Waals surface area contributed by atoms with Crippen molar-refractivity contribution in [1.29, 1.82) is 0 Å². The Morgan fingerprint density at radius 1 is 1.30 bits per heavy atom. The minimum atomic E-state index is -1.20. The number of nitrogens with zero attached hydrogens (tertiary/aromatic N) is 1. The highest BCUT2D eigenvalue weighted by atomic mass is 32.1. The van der Waals surface area contributed by atoms with E-state index >= 15 is 0 Å². The lowest BCUT2D eigenvalue weighted by Crippen LogP contribution is -2.32. The van der Waals surface area contributed by atoms with Crippen molar-refractivity contribution in [3.8, 4) is 0 Å². The van der Waals surface area contributed by atoms with Gasteiger partial charge in [0.25, 0.3) is 5.56 Å². The van der Waals surface area contributed by atoms with E-state index in [1.54, 1.807) is 0 Å². The van der Waals surface area contributed by atoms with E-state index in [-0.39, 0.29) is 23.3 Å². The van der Waals surface area contributed by atoms with E-state index in [0.717, 1.165) is 50.8 Å². The summed E-state index contributed by atoms with van der Waals surface area (Å²) in [6.45, 7) is 4.24. The van der Waals surface area contributed by atoms with Crippen molar-refractivity contribution in [3.63, 3.8) is 0 Å². The molecule has 1 fully saturated rings. The fourth-order valence-corrected chi connectivity index (χ4v) is 4.68. The van der Waals surface area contributed by atoms with Gasteiger partial charge >= 0.3 is 11.9 Å². The maximum absolute atomic E-state index is 11.8. The number of hydrogen-bond donors (Lipinski definition) is 3. The summed E-state index contributed by atoms with van der Waals surface area (Å²) in [6.07, 6.45) is 4.79. The zero-order valence-electron chi connectivity index (χ0n) is 15.2. The summed E-state index contributed by atoms with van der Waals surface area (Å²) < 4.78 is 4.91. The Labute approximate surface area is 160 Å². The van der Waals surface area contributed by atoms with Gasteiger partial charge in [-0.15, -0.1) is 11.3 Å². The summed E-state index contributed by atoms with van der Waals surface area (Å²) in [4.78, 5) is 41.7. The standard InChI is InChI=1S/C10H8N2O3S.C8H15NO2/c13-8-6-4-2-1-3-5(4)16-9(6)12-7(11-8)10(14)15;1-2-11-8(10)7-3-5-9-6-4-7/h1-3H2,(H,14,15)(H,11,12,13);7,9H,2-6H2,1H3. The van der Waals surface area contributed by atoms with E-state index in [1.165, 1.54) is 16.2 Å². The molecule has 2 aliphatic rings. The molecule has 0 radical (unpaired) electrons. The van der Waals surface area contributed by atoms with Gasteiger partial charge in [-0.25, -0.2) is 9.78 Å². The number of aryl methyl sites for hydroxylation is 2. The lowest BCUT2D eigenvalue weighted by Gasteiger charge is -2.20. The molecular weight excluding hydrogens is 370 g/mol. The third kappa shape index (κ3) is 4.36. The van der Waals surface area contributed by atoms with E-state index < -0.39 is 5.97 Å². The number of nitrogens with one attached hydrogen (secondary N) is 2. The minimum absolute atomic E-state index is 0.0194. The van der Waals surface area contributed by atoms with Crippen LogP contribution in [0.4, 0.5) is 0 Å². The van der Waals surface area contributed by atoms with E-state index in [1.807, 2.05) is 6.92 Å². The van der Waals surface area contributed by atoms with Crippen LogP contribution in [0.15, 0.2) is 4.79 Å². The van der Waals surface area contributed by atoms with Crippen LogP contribution in [-0.4, -0.2) is 46.7 Å². The maximum Gasteiger partial charge on any atom is 0.372 e. The number of hydrogen-bond acceptors (Lipinski definition) is 7. The number of thiophene rings is 1. The van der Waals surface area contributed by atoms with Gasteiger partial charge in [-0.3, -0.25) is 9.59 Å². The van der Waals surface area contributed by atoms with Gasteiger partial charge in [0.1, 0.15) is 4.83 Å². The first kappa shape index (κ1) is 19.5. The normalized spacial score (nSPS) is 16.5. The molecule has 1 saturated heterocycles. The van der Waals surface area contributed by atoms with Crippen molar-refractivity contribution in [1.82, 2.24) is 15.3 Å². The number of carboxylic acid groups (broad SMARTS) is 1. The SMILES string of the molecule is CCOC(=O)C1CCNCC1.O=C(O)c1nc2sc3c(c2c(=O)[nH]1)CCC3. The van der Waals surface area contributed by atoms with Gasteiger partial charge in [0.2, 0.25) is 5.82 Å². The fraction of sp³-hybridized carbons (Fsp3) is 0.556. The summed E-state index contributed by atoms with van der Waals surface area (Å²) in [6, 6.07) is 0. The molecule has 8 nitrogen and oxygen atoms in total. The second-order valence-corrected chi connectivity index (χ2v) is 7.62. The van der Waals surface area contributed by atoms with Gasteiger partial charge in [-0.05, 0) is 57.7 Å². The number of esters is 1. The van der Waals surface area contributed by atoms with Crippen LogP contribution >= 0.6 is 11.3 Å². The summed E-state index contributed by atoms with van der Waals surface area (Å²) in [5.74, 6) is -1.35. The molecule has 0 aromatic carbocycles. The number of fused-ring (bicyclic) bond motifs is 3. The Morgan fingerprint density at radius 2 is 2.04 bits per heavy atom. The zero-order valence-corrected chi connectivity index (χ0v) is 16.0. The largest absolute Gasteiger partial charge is 0.475 e. The summed E-state index contributed by atoms with van der Waals surface area (Å²) in [5, 5.41) is 12.6. The molecular formula is C18H23N3O5S. The van der Waals surface area contributed by atoms with E-state index in [0.29, 0.717) is 16.8 Å². The van der Waals surface area contributed by atoms with Crippen molar-refractivity contribution in [3.05, 3.63) is 26.6 Å². The molecule has 0 unspecified atom stereocenters. The van der Waals surface area contributed by atoms with Gasteiger partial charge in [-0.2, -0.15) is 0 Å². The number of carbonyl (C=O) groups is 2. The number of carboxylic acids is 1. The number of aromatic nitrogens is 2. The van der Waals surface area contributed by atoms with Crippen LogP contribution in [0.3, 0.4) is 0 Å². The number of H-pyrrole nitrogens is 1. The van der Waals surface area contributed by atoms with Crippen molar-refractivity contribution in [2.45, 2.75) is 39.0 Å². The van der Waals surface area contributed by atoms with Crippen LogP contribution in [0.2, 0.25) is 0 Å². The molecule has 0 bridgehead atoms. The smallest absolute Gasteiger partial charge is 0.372 e. The lowest BCUT2D eigenvalue weighted by atomic mass is 9.99. The molecule has 4 rings (SSSR count). The fourth-order valence-electron chi connectivity index (χ4n) is 3.42. The first-order chi connectivity index (χ1) is 13.0. The Kier molecular flexibility index (Phi) is 6.22. The first-order valence-electron chi connectivity index (χ1n) is 9.16. The molecule has 2 aromatic heterocycles. The summed E-state index contributed by atoms with van der Waals surface area (Å²) in [7, 11) is 0. The van der Waals surface area contributed by atoms with Gasteiger partial charge in [0, 0.05) is 4.88 Å². The number of aromatic amines is 1. The molecule has 2 aromatic rings. The predicted molar refractivity (Wildman–Crippen MR) is 101 cm³/mol. The van der Waals surface area contributed by atoms with Crippen LogP contribution in [0, 0.1) is 5.92 Å². The Morgan fingerprint density at radius 3 is 2.70 bits per heavy atom. The topological polar surface area (TPSA) is 121 Å². The molecule has 1 aliphatic heterocycles. The third-order valence-corrected chi connectivity index (χ3v) is 5.92. The average Bonchev–Trinajstić information content (AvgIpc) is 3.23. The summed E-state index contributed by atoms with van der Waals surface area (Å²) >= 11 is 1.44.